The van der Waals surface area contributed by atoms with E-state index in [0.29, 0.717) is 17.6 Å². The average Bonchev–Trinajstić information content (AvgIpc) is 2.91. The zero-order chi connectivity index (χ0) is 14.5. The van der Waals surface area contributed by atoms with Crippen LogP contribution in [0.5, 0.6) is 0 Å². The van der Waals surface area contributed by atoms with E-state index in [9.17, 15) is 0 Å². The number of anilines is 2. The highest BCUT2D eigenvalue weighted by atomic mass is 15.2. The van der Waals surface area contributed by atoms with Crippen LogP contribution in [-0.2, 0) is 0 Å². The molecule has 0 saturated carbocycles. The summed E-state index contributed by atoms with van der Waals surface area (Å²) < 4.78 is 0. The molecule has 2 rings (SSSR count). The maximum atomic E-state index is 4.65. The van der Waals surface area contributed by atoms with Gasteiger partial charge >= 0.3 is 0 Å². The van der Waals surface area contributed by atoms with Gasteiger partial charge in [-0.05, 0) is 19.8 Å². The molecule has 110 valence electrons. The van der Waals surface area contributed by atoms with Gasteiger partial charge in [-0.15, -0.1) is 0 Å². The van der Waals surface area contributed by atoms with Crippen LogP contribution < -0.4 is 10.2 Å². The number of hydrogen-bond donors (Lipinski definition) is 2. The van der Waals surface area contributed by atoms with Crippen molar-refractivity contribution in [3.8, 4) is 0 Å². The normalized spacial score (nSPS) is 12.6. The van der Waals surface area contributed by atoms with Crippen molar-refractivity contribution in [1.82, 2.24) is 19.9 Å². The third-order valence-electron chi connectivity index (χ3n) is 3.50. The van der Waals surface area contributed by atoms with E-state index in [1.807, 2.05) is 0 Å². The molecule has 6 nitrogen and oxygen atoms in total. The van der Waals surface area contributed by atoms with Crippen LogP contribution in [0, 0.1) is 0 Å². The van der Waals surface area contributed by atoms with Gasteiger partial charge in [-0.1, -0.05) is 20.3 Å². The maximum Gasteiger partial charge on any atom is 0.226 e. The predicted octanol–water partition coefficient (Wildman–Crippen LogP) is 2.80. The van der Waals surface area contributed by atoms with E-state index >= 15 is 0 Å². The van der Waals surface area contributed by atoms with E-state index in [1.165, 1.54) is 0 Å². The first-order valence-corrected chi connectivity index (χ1v) is 7.35. The van der Waals surface area contributed by atoms with E-state index in [0.717, 1.165) is 37.1 Å². The van der Waals surface area contributed by atoms with Crippen LogP contribution in [0.1, 0.15) is 40.0 Å². The molecule has 2 heterocycles. The summed E-state index contributed by atoms with van der Waals surface area (Å²) in [6.07, 6.45) is 5.00. The fraction of sp³-hybridized carbons (Fsp3) is 0.643. The van der Waals surface area contributed by atoms with Gasteiger partial charge in [-0.2, -0.15) is 9.97 Å². The van der Waals surface area contributed by atoms with Crippen molar-refractivity contribution >= 4 is 22.9 Å². The van der Waals surface area contributed by atoms with Gasteiger partial charge in [0.15, 0.2) is 11.5 Å². The van der Waals surface area contributed by atoms with E-state index in [4.69, 9.17) is 0 Å². The quantitative estimate of drug-likeness (QED) is 0.813. The Morgan fingerprint density at radius 3 is 2.80 bits per heavy atom. The van der Waals surface area contributed by atoms with Crippen molar-refractivity contribution in [2.24, 2.45) is 0 Å². The molecule has 6 heteroatoms. The van der Waals surface area contributed by atoms with Gasteiger partial charge in [0.05, 0.1) is 6.33 Å². The second-order valence-electron chi connectivity index (χ2n) is 5.15. The molecule has 1 atom stereocenters. The van der Waals surface area contributed by atoms with Crippen molar-refractivity contribution in [3.05, 3.63) is 6.33 Å². The number of aromatic nitrogens is 4. The molecule has 1 unspecified atom stereocenters. The fourth-order valence-corrected chi connectivity index (χ4v) is 2.21. The van der Waals surface area contributed by atoms with E-state index in [1.54, 1.807) is 6.33 Å². The standard InChI is InChI=1S/C14H24N6/c1-5-7-10(3)20(4)13-11-12(17-9-16-11)18-14(19-13)15-8-6-2/h9-10H,5-8H2,1-4H3,(H2,15,16,17,18,19). The Kier molecular flexibility index (Phi) is 4.76. The van der Waals surface area contributed by atoms with Gasteiger partial charge in [0.2, 0.25) is 5.95 Å². The zero-order valence-electron chi connectivity index (χ0n) is 12.8. The third kappa shape index (κ3) is 3.00. The van der Waals surface area contributed by atoms with Gasteiger partial charge in [0, 0.05) is 19.6 Å². The molecule has 0 saturated heterocycles. The first kappa shape index (κ1) is 14.6. The maximum absolute atomic E-state index is 4.65. The number of aromatic amines is 1. The van der Waals surface area contributed by atoms with Crippen LogP contribution in [0.2, 0.25) is 0 Å². The van der Waals surface area contributed by atoms with Gasteiger partial charge in [0.1, 0.15) is 5.52 Å². The van der Waals surface area contributed by atoms with Crippen molar-refractivity contribution in [1.29, 1.82) is 0 Å². The van der Waals surface area contributed by atoms with Crippen molar-refractivity contribution < 1.29 is 0 Å². The zero-order valence-corrected chi connectivity index (χ0v) is 12.8. The van der Waals surface area contributed by atoms with Crippen LogP contribution in [0.4, 0.5) is 11.8 Å². The van der Waals surface area contributed by atoms with Crippen molar-refractivity contribution in [3.63, 3.8) is 0 Å². The number of H-pyrrole nitrogens is 1. The van der Waals surface area contributed by atoms with E-state index < -0.39 is 0 Å². The van der Waals surface area contributed by atoms with Crippen molar-refractivity contribution in [2.45, 2.75) is 46.1 Å². The molecule has 0 spiro atoms. The van der Waals surface area contributed by atoms with E-state index in [-0.39, 0.29) is 0 Å². The molecular formula is C14H24N6. The molecule has 0 aromatic carbocycles. The molecule has 0 bridgehead atoms. The minimum atomic E-state index is 0.431. The minimum Gasteiger partial charge on any atom is -0.355 e. The molecule has 0 aliphatic carbocycles. The van der Waals surface area contributed by atoms with Gasteiger partial charge < -0.3 is 15.2 Å². The molecule has 2 aromatic heterocycles. The summed E-state index contributed by atoms with van der Waals surface area (Å²) in [7, 11) is 2.08. The molecular weight excluding hydrogens is 252 g/mol. The lowest BCUT2D eigenvalue weighted by molar-refractivity contribution is 0.612. The SMILES string of the molecule is CCCNc1nc(N(C)C(C)CCC)c2[nH]cnc2n1. The Morgan fingerprint density at radius 1 is 1.30 bits per heavy atom. The minimum absolute atomic E-state index is 0.431. The lowest BCUT2D eigenvalue weighted by Gasteiger charge is -2.26. The van der Waals surface area contributed by atoms with Gasteiger partial charge in [-0.25, -0.2) is 4.98 Å². The molecule has 0 aliphatic heterocycles. The summed E-state index contributed by atoms with van der Waals surface area (Å²) >= 11 is 0. The lowest BCUT2D eigenvalue weighted by atomic mass is 10.2. The largest absolute Gasteiger partial charge is 0.355 e. The summed E-state index contributed by atoms with van der Waals surface area (Å²) in [4.78, 5) is 18.7. The summed E-state index contributed by atoms with van der Waals surface area (Å²) in [5.41, 5.74) is 1.61. The number of nitrogens with one attached hydrogen (secondary N) is 2. The third-order valence-corrected chi connectivity index (χ3v) is 3.50. The van der Waals surface area contributed by atoms with Gasteiger partial charge in [0.25, 0.3) is 0 Å². The molecule has 0 amide bonds. The highest BCUT2D eigenvalue weighted by Gasteiger charge is 2.17. The number of nitrogens with zero attached hydrogens (tertiary/aromatic N) is 4. The lowest BCUT2D eigenvalue weighted by Crippen LogP contribution is -2.30. The summed E-state index contributed by atoms with van der Waals surface area (Å²) in [6, 6.07) is 0.431. The number of rotatable bonds is 7. The molecule has 0 aliphatic rings. The summed E-state index contributed by atoms with van der Waals surface area (Å²) in [5.74, 6) is 1.56. The van der Waals surface area contributed by atoms with Gasteiger partial charge in [-0.3, -0.25) is 0 Å². The number of imidazole rings is 1. The average molecular weight is 276 g/mol. The van der Waals surface area contributed by atoms with Crippen LogP contribution in [0.25, 0.3) is 11.2 Å². The second-order valence-corrected chi connectivity index (χ2v) is 5.15. The van der Waals surface area contributed by atoms with Crippen LogP contribution in [0.3, 0.4) is 0 Å². The number of fused-ring (bicyclic) bond motifs is 1. The van der Waals surface area contributed by atoms with Crippen molar-refractivity contribution in [2.75, 3.05) is 23.8 Å². The van der Waals surface area contributed by atoms with Crippen LogP contribution in [-0.4, -0.2) is 39.6 Å². The topological polar surface area (TPSA) is 69.7 Å². The Hall–Kier alpha value is -1.85. The Morgan fingerprint density at radius 2 is 2.10 bits per heavy atom. The highest BCUT2D eigenvalue weighted by molar-refractivity contribution is 5.84. The Bertz CT molecular complexity index is 550. The first-order chi connectivity index (χ1) is 9.67. The van der Waals surface area contributed by atoms with Crippen LogP contribution >= 0.6 is 0 Å². The molecule has 0 fully saturated rings. The van der Waals surface area contributed by atoms with Crippen LogP contribution in [0.15, 0.2) is 6.33 Å². The summed E-state index contributed by atoms with van der Waals surface area (Å²) in [5, 5.41) is 3.24. The highest BCUT2D eigenvalue weighted by Crippen LogP contribution is 2.24. The molecule has 2 aromatic rings. The Balaban J connectivity index is 2.36. The predicted molar refractivity (Wildman–Crippen MR) is 83.2 cm³/mol. The molecule has 2 N–H and O–H groups in total. The fourth-order valence-electron chi connectivity index (χ4n) is 2.21. The molecule has 0 radical (unpaired) electrons. The summed E-state index contributed by atoms with van der Waals surface area (Å²) in [6.45, 7) is 7.40. The van der Waals surface area contributed by atoms with E-state index in [2.05, 4.69) is 58.0 Å². The smallest absolute Gasteiger partial charge is 0.226 e. The molecule has 20 heavy (non-hydrogen) atoms. The first-order valence-electron chi connectivity index (χ1n) is 7.35. The number of hydrogen-bond acceptors (Lipinski definition) is 5. The Labute approximate surface area is 120 Å². The monoisotopic (exact) mass is 276 g/mol. The second kappa shape index (κ2) is 6.54.